The van der Waals surface area contributed by atoms with Crippen molar-refractivity contribution in [3.63, 3.8) is 0 Å². The summed E-state index contributed by atoms with van der Waals surface area (Å²) in [5.74, 6) is 0.779. The summed E-state index contributed by atoms with van der Waals surface area (Å²) in [7, 11) is -2.87. The SMILES string of the molecule is CCCCCCO[Si](OCCCCCC)(OCCCCCC(C)C)c1ccccc1. The molecule has 1 rings (SSSR count). The molecule has 0 radical (unpaired) electrons. The monoisotopic (exact) mass is 436 g/mol. The van der Waals surface area contributed by atoms with E-state index in [9.17, 15) is 0 Å². The number of unbranched alkanes of at least 4 members (excludes halogenated alkanes) is 8. The summed E-state index contributed by atoms with van der Waals surface area (Å²) in [6, 6.07) is 10.5. The topological polar surface area (TPSA) is 27.7 Å². The second kappa shape index (κ2) is 17.9. The van der Waals surface area contributed by atoms with E-state index in [0.29, 0.717) is 0 Å². The Morgan fingerprint density at radius 1 is 0.633 bits per heavy atom. The predicted molar refractivity (Wildman–Crippen MR) is 131 cm³/mol. The minimum Gasteiger partial charge on any atom is -0.370 e. The van der Waals surface area contributed by atoms with Crippen LogP contribution in [0, 0.1) is 5.92 Å². The van der Waals surface area contributed by atoms with Crippen molar-refractivity contribution >= 4 is 14.0 Å². The molecule has 0 bridgehead atoms. The summed E-state index contributed by atoms with van der Waals surface area (Å²) in [6.45, 7) is 11.2. The lowest BCUT2D eigenvalue weighted by molar-refractivity contribution is 0.0688. The third-order valence-corrected chi connectivity index (χ3v) is 8.22. The minimum atomic E-state index is -2.87. The van der Waals surface area contributed by atoms with E-state index in [1.165, 1.54) is 57.8 Å². The average molecular weight is 437 g/mol. The van der Waals surface area contributed by atoms with Crippen LogP contribution >= 0.6 is 0 Å². The molecular formula is C26H48O3Si. The largest absolute Gasteiger partial charge is 0.537 e. The molecule has 0 aliphatic carbocycles. The van der Waals surface area contributed by atoms with Gasteiger partial charge in [-0.15, -0.1) is 0 Å². The third-order valence-electron chi connectivity index (χ3n) is 5.43. The molecule has 0 heterocycles. The number of benzene rings is 1. The smallest absolute Gasteiger partial charge is 0.370 e. The van der Waals surface area contributed by atoms with Crippen LogP contribution in [0.4, 0.5) is 0 Å². The van der Waals surface area contributed by atoms with E-state index in [2.05, 4.69) is 58.0 Å². The van der Waals surface area contributed by atoms with Crippen molar-refractivity contribution in [2.45, 2.75) is 105 Å². The molecule has 3 nitrogen and oxygen atoms in total. The Hall–Kier alpha value is -0.683. The molecule has 4 heteroatoms. The van der Waals surface area contributed by atoms with Crippen molar-refractivity contribution in [1.82, 2.24) is 0 Å². The zero-order valence-corrected chi connectivity index (χ0v) is 21.3. The summed E-state index contributed by atoms with van der Waals surface area (Å²) < 4.78 is 19.5. The molecule has 0 spiro atoms. The van der Waals surface area contributed by atoms with Gasteiger partial charge in [0.15, 0.2) is 0 Å². The van der Waals surface area contributed by atoms with Gasteiger partial charge in [-0.3, -0.25) is 0 Å². The van der Waals surface area contributed by atoms with E-state index in [0.717, 1.165) is 50.2 Å². The molecule has 0 N–H and O–H groups in total. The molecule has 0 fully saturated rings. The fourth-order valence-corrected chi connectivity index (χ4v) is 6.12. The first-order valence-electron chi connectivity index (χ1n) is 12.6. The summed E-state index contributed by atoms with van der Waals surface area (Å²) in [5, 5.41) is 1.11. The van der Waals surface area contributed by atoms with Crippen LogP contribution in [-0.4, -0.2) is 28.6 Å². The maximum Gasteiger partial charge on any atom is 0.537 e. The summed E-state index contributed by atoms with van der Waals surface area (Å²) in [5.41, 5.74) is 0. The van der Waals surface area contributed by atoms with E-state index in [1.54, 1.807) is 0 Å². The maximum atomic E-state index is 6.53. The molecule has 0 unspecified atom stereocenters. The van der Waals surface area contributed by atoms with E-state index < -0.39 is 8.80 Å². The van der Waals surface area contributed by atoms with Crippen molar-refractivity contribution in [3.8, 4) is 0 Å². The molecule has 0 saturated heterocycles. The number of hydrogen-bond donors (Lipinski definition) is 0. The number of rotatable bonds is 20. The second-order valence-electron chi connectivity index (χ2n) is 8.83. The van der Waals surface area contributed by atoms with E-state index in [1.807, 2.05) is 0 Å². The molecule has 0 aliphatic rings. The Morgan fingerprint density at radius 3 is 1.53 bits per heavy atom. The average Bonchev–Trinajstić information content (AvgIpc) is 2.75. The Morgan fingerprint density at radius 2 is 1.10 bits per heavy atom. The van der Waals surface area contributed by atoms with Gasteiger partial charge in [0.25, 0.3) is 0 Å². The minimum absolute atomic E-state index is 0.725. The molecule has 174 valence electrons. The first-order valence-corrected chi connectivity index (χ1v) is 14.3. The Balaban J connectivity index is 2.73. The second-order valence-corrected chi connectivity index (χ2v) is 11.4. The molecule has 0 amide bonds. The molecule has 0 saturated carbocycles. The molecule has 0 aromatic heterocycles. The standard InChI is InChI=1S/C26H48O3Si/c1-5-7-9-16-22-27-30(26-20-14-11-15-21-26,28-23-17-10-8-6-2)29-24-18-12-13-19-25(3)4/h11,14-15,20-21,25H,5-10,12-13,16-19,22-24H2,1-4H3. The van der Waals surface area contributed by atoms with Gasteiger partial charge in [0.1, 0.15) is 0 Å². The normalized spacial score (nSPS) is 12.0. The quantitative estimate of drug-likeness (QED) is 0.159. The summed E-state index contributed by atoms with van der Waals surface area (Å²) >= 11 is 0. The van der Waals surface area contributed by atoms with Crippen LogP contribution in [0.5, 0.6) is 0 Å². The first-order chi connectivity index (χ1) is 14.6. The fourth-order valence-electron chi connectivity index (χ4n) is 3.53. The zero-order chi connectivity index (χ0) is 21.9. The zero-order valence-electron chi connectivity index (χ0n) is 20.3. The molecule has 1 aromatic carbocycles. The van der Waals surface area contributed by atoms with Crippen molar-refractivity contribution in [2.75, 3.05) is 19.8 Å². The number of hydrogen-bond acceptors (Lipinski definition) is 3. The predicted octanol–water partition coefficient (Wildman–Crippen LogP) is 7.26. The summed E-state index contributed by atoms with van der Waals surface area (Å²) in [6.07, 6.45) is 14.4. The first kappa shape index (κ1) is 27.4. The van der Waals surface area contributed by atoms with Crippen LogP contribution < -0.4 is 5.19 Å². The Kier molecular flexibility index (Phi) is 16.4. The van der Waals surface area contributed by atoms with Gasteiger partial charge in [0.05, 0.1) is 0 Å². The molecule has 0 atom stereocenters. The summed E-state index contributed by atoms with van der Waals surface area (Å²) in [4.78, 5) is 0. The van der Waals surface area contributed by atoms with Crippen LogP contribution in [0.1, 0.15) is 105 Å². The van der Waals surface area contributed by atoms with Crippen molar-refractivity contribution in [2.24, 2.45) is 5.92 Å². The van der Waals surface area contributed by atoms with E-state index in [-0.39, 0.29) is 0 Å². The highest BCUT2D eigenvalue weighted by atomic mass is 28.4. The van der Waals surface area contributed by atoms with Gasteiger partial charge in [0.2, 0.25) is 0 Å². The van der Waals surface area contributed by atoms with E-state index in [4.69, 9.17) is 13.3 Å². The molecule has 1 aromatic rings. The lowest BCUT2D eigenvalue weighted by Crippen LogP contribution is -2.57. The molecule has 30 heavy (non-hydrogen) atoms. The van der Waals surface area contributed by atoms with Crippen LogP contribution in [-0.2, 0) is 13.3 Å². The van der Waals surface area contributed by atoms with E-state index >= 15 is 0 Å². The van der Waals surface area contributed by atoms with Crippen molar-refractivity contribution < 1.29 is 13.3 Å². The highest BCUT2D eigenvalue weighted by molar-refractivity contribution is 6.75. The molecular weight excluding hydrogens is 388 g/mol. The van der Waals surface area contributed by atoms with Crippen LogP contribution in [0.25, 0.3) is 0 Å². The van der Waals surface area contributed by atoms with Gasteiger partial charge in [-0.2, -0.15) is 0 Å². The van der Waals surface area contributed by atoms with Gasteiger partial charge in [-0.05, 0) is 25.2 Å². The van der Waals surface area contributed by atoms with Crippen molar-refractivity contribution in [3.05, 3.63) is 30.3 Å². The van der Waals surface area contributed by atoms with Gasteiger partial charge < -0.3 is 13.3 Å². The third kappa shape index (κ3) is 12.2. The van der Waals surface area contributed by atoms with Gasteiger partial charge in [-0.25, -0.2) is 0 Å². The lowest BCUT2D eigenvalue weighted by Gasteiger charge is -2.30. The lowest BCUT2D eigenvalue weighted by atomic mass is 10.1. The van der Waals surface area contributed by atoms with Crippen molar-refractivity contribution in [1.29, 1.82) is 0 Å². The maximum absolute atomic E-state index is 6.53. The fraction of sp³-hybridized carbons (Fsp3) is 0.769. The Labute approximate surface area is 188 Å². The van der Waals surface area contributed by atoms with Gasteiger partial charge >= 0.3 is 8.80 Å². The van der Waals surface area contributed by atoms with Crippen LogP contribution in [0.15, 0.2) is 30.3 Å². The van der Waals surface area contributed by atoms with Gasteiger partial charge in [-0.1, -0.05) is 116 Å². The van der Waals surface area contributed by atoms with Crippen LogP contribution in [0.3, 0.4) is 0 Å². The molecule has 0 aliphatic heterocycles. The van der Waals surface area contributed by atoms with Gasteiger partial charge in [0, 0.05) is 25.0 Å². The highest BCUT2D eigenvalue weighted by Gasteiger charge is 2.43. The highest BCUT2D eigenvalue weighted by Crippen LogP contribution is 2.16. The van der Waals surface area contributed by atoms with Crippen LogP contribution in [0.2, 0.25) is 0 Å². The Bertz CT molecular complexity index is 478.